The highest BCUT2D eigenvalue weighted by molar-refractivity contribution is 6.32. The minimum atomic E-state index is -2.07. The number of methoxy groups -OCH3 is 1. The van der Waals surface area contributed by atoms with Gasteiger partial charge in [0.15, 0.2) is 0 Å². The molecule has 1 aromatic rings. The lowest BCUT2D eigenvalue weighted by Crippen LogP contribution is -2.50. The monoisotopic (exact) mass is 835 g/mol. The predicted octanol–water partition coefficient (Wildman–Crippen LogP) is 4.23. The maximum absolute atomic E-state index is 14.9. The van der Waals surface area contributed by atoms with E-state index in [1.807, 2.05) is 0 Å². The Morgan fingerprint density at radius 1 is 0.933 bits per heavy atom. The summed E-state index contributed by atoms with van der Waals surface area (Å²) in [7, 11) is 1.44. The molecule has 5 aliphatic rings. The molecule has 5 bridgehead atoms. The number of ketones is 3. The van der Waals surface area contributed by atoms with Crippen LogP contribution in [0.1, 0.15) is 99.0 Å². The SMILES string of the molecule is CO[C@H]1/C=C/O[C@@]2(C)Oc3c(C)c(O)c4c(c3C2=O)C(=O)C(N2CCN(CC(C)C)CC2)=C(NC(=O)/C(C)=C\C=C\[C@H](C)[C@H](O)[C@@H](C)[C@@H](O)[C@@H](C)[C@H](OC(C)=O)[C@@H]1C)C4=O. The van der Waals surface area contributed by atoms with Gasteiger partial charge in [-0.3, -0.25) is 28.9 Å². The summed E-state index contributed by atoms with van der Waals surface area (Å²) in [5.41, 5.74) is -1.25. The van der Waals surface area contributed by atoms with Crippen molar-refractivity contribution in [1.29, 1.82) is 0 Å². The van der Waals surface area contributed by atoms with E-state index in [1.165, 1.54) is 53.2 Å². The zero-order valence-corrected chi connectivity index (χ0v) is 36.5. The smallest absolute Gasteiger partial charge is 0.312 e. The Labute approximate surface area is 352 Å². The number of hydrogen-bond donors (Lipinski definition) is 4. The van der Waals surface area contributed by atoms with E-state index in [9.17, 15) is 39.3 Å². The fourth-order valence-electron chi connectivity index (χ4n) is 8.65. The number of aliphatic hydroxyl groups excluding tert-OH is 2. The standard InChI is InChI=1S/C45H61N3O12/c1-22(2)21-47-16-18-48(19-17-47)35-34-39(53)32-31(40(35)54)33-42(28(8)38(32)52)60-45(10,43(33)55)58-20-15-30(57-11)25(5)41(59-29(9)49)27(7)37(51)26(6)36(50)23(3)13-12-14-24(4)44(56)46-34/h12-15,20,22-23,25-27,30,36-37,41,50-52H,16-19,21H2,1-11H3,(H,46,56)/b13-12+,20-15+,24-14-/t23-,25+,26+,27+,30-,36-,37+,41+,45-/m0/s1. The minimum Gasteiger partial charge on any atom is -0.507 e. The molecule has 1 aromatic carbocycles. The number of Topliss-reactive ketones (excluding diaryl/α,β-unsaturated/α-hetero) is 3. The topological polar surface area (TPSA) is 201 Å². The quantitative estimate of drug-likeness (QED) is 0.307. The highest BCUT2D eigenvalue weighted by Crippen LogP contribution is 2.49. The Balaban J connectivity index is 1.66. The Bertz CT molecular complexity index is 2010. The lowest BCUT2D eigenvalue weighted by atomic mass is 9.78. The van der Waals surface area contributed by atoms with Gasteiger partial charge in [-0.15, -0.1) is 0 Å². The van der Waals surface area contributed by atoms with Gasteiger partial charge in [-0.25, -0.2) is 0 Å². The zero-order valence-electron chi connectivity index (χ0n) is 36.5. The molecule has 328 valence electrons. The fraction of sp³-hybridized carbons (Fsp3) is 0.578. The van der Waals surface area contributed by atoms with Crippen LogP contribution in [-0.4, -0.2) is 124 Å². The summed E-state index contributed by atoms with van der Waals surface area (Å²) >= 11 is 0. The van der Waals surface area contributed by atoms with Crippen molar-refractivity contribution in [1.82, 2.24) is 15.1 Å². The molecule has 1 saturated heterocycles. The van der Waals surface area contributed by atoms with Gasteiger partial charge in [0.25, 0.3) is 11.7 Å². The molecule has 4 N–H and O–H groups in total. The number of amides is 1. The van der Waals surface area contributed by atoms with Gasteiger partial charge < -0.3 is 44.5 Å². The molecule has 0 unspecified atom stereocenters. The molecule has 0 saturated carbocycles. The normalized spacial score (nSPS) is 32.9. The van der Waals surface area contributed by atoms with Crippen LogP contribution in [0.5, 0.6) is 11.5 Å². The molecule has 60 heavy (non-hydrogen) atoms. The number of nitrogens with one attached hydrogen (secondary N) is 1. The van der Waals surface area contributed by atoms with Crippen LogP contribution in [0.2, 0.25) is 0 Å². The number of rotatable bonds is 5. The number of hydrogen-bond acceptors (Lipinski definition) is 14. The van der Waals surface area contributed by atoms with Crippen molar-refractivity contribution in [2.24, 2.45) is 29.6 Å². The van der Waals surface area contributed by atoms with Crippen molar-refractivity contribution in [2.75, 3.05) is 39.8 Å². The maximum Gasteiger partial charge on any atom is 0.312 e. The number of phenolic OH excluding ortho intramolecular Hbond substituents is 1. The van der Waals surface area contributed by atoms with Gasteiger partial charge in [0.05, 0.1) is 41.3 Å². The summed E-state index contributed by atoms with van der Waals surface area (Å²) in [6.45, 7) is 19.4. The summed E-state index contributed by atoms with van der Waals surface area (Å²) in [5.74, 6) is -8.53. The number of phenols is 1. The van der Waals surface area contributed by atoms with Gasteiger partial charge in [-0.2, -0.15) is 0 Å². The molecule has 0 radical (unpaired) electrons. The second-order valence-corrected chi connectivity index (χ2v) is 17.2. The van der Waals surface area contributed by atoms with Crippen molar-refractivity contribution in [3.8, 4) is 11.5 Å². The first-order valence-corrected chi connectivity index (χ1v) is 20.7. The predicted molar refractivity (Wildman–Crippen MR) is 221 cm³/mol. The third kappa shape index (κ3) is 8.95. The van der Waals surface area contributed by atoms with Crippen molar-refractivity contribution >= 4 is 29.2 Å². The van der Waals surface area contributed by atoms with Crippen LogP contribution in [0, 0.1) is 36.5 Å². The number of allylic oxidation sites excluding steroid dienone is 4. The highest BCUT2D eigenvalue weighted by atomic mass is 16.7. The molecule has 4 heterocycles. The lowest BCUT2D eigenvalue weighted by molar-refractivity contribution is -0.160. The van der Waals surface area contributed by atoms with E-state index in [1.54, 1.807) is 44.7 Å². The van der Waals surface area contributed by atoms with E-state index < -0.39 is 94.4 Å². The number of carbonyl (C=O) groups excluding carboxylic acids is 5. The van der Waals surface area contributed by atoms with Crippen molar-refractivity contribution in [2.45, 2.75) is 99.4 Å². The molecule has 0 spiro atoms. The Hall–Kier alpha value is -4.83. The number of piperazine rings is 1. The number of ether oxygens (including phenoxy) is 4. The van der Waals surface area contributed by atoms with Crippen molar-refractivity contribution in [3.05, 3.63) is 69.8 Å². The number of benzene rings is 1. The fourth-order valence-corrected chi connectivity index (χ4v) is 8.65. The van der Waals surface area contributed by atoms with E-state index in [0.717, 1.165) is 6.54 Å². The lowest BCUT2D eigenvalue weighted by Gasteiger charge is -2.39. The Kier molecular flexibility index (Phi) is 14.2. The zero-order chi connectivity index (χ0) is 44.5. The number of esters is 1. The van der Waals surface area contributed by atoms with Crippen LogP contribution in [0.25, 0.3) is 0 Å². The van der Waals surface area contributed by atoms with Crippen LogP contribution in [0.4, 0.5) is 0 Å². The Morgan fingerprint density at radius 3 is 2.18 bits per heavy atom. The van der Waals surface area contributed by atoms with E-state index in [2.05, 4.69) is 24.1 Å². The third-order valence-corrected chi connectivity index (χ3v) is 12.2. The molecule has 6 rings (SSSR count). The van der Waals surface area contributed by atoms with Gasteiger partial charge in [0, 0.05) is 88.5 Å². The molecule has 9 atom stereocenters. The number of carbonyl (C=O) groups is 5. The number of aromatic hydroxyl groups is 1. The third-order valence-electron chi connectivity index (χ3n) is 12.2. The average molecular weight is 836 g/mol. The summed E-state index contributed by atoms with van der Waals surface area (Å²) in [6, 6.07) is 0. The number of nitrogens with zero attached hydrogens (tertiary/aromatic N) is 2. The molecular weight excluding hydrogens is 775 g/mol. The molecule has 1 fully saturated rings. The highest BCUT2D eigenvalue weighted by Gasteiger charge is 2.53. The minimum absolute atomic E-state index is 0.0170. The van der Waals surface area contributed by atoms with E-state index in [4.69, 9.17) is 18.9 Å². The van der Waals surface area contributed by atoms with Crippen molar-refractivity contribution in [3.63, 3.8) is 0 Å². The summed E-state index contributed by atoms with van der Waals surface area (Å²) < 4.78 is 23.6. The molecular formula is C45H61N3O12. The first-order valence-electron chi connectivity index (χ1n) is 20.7. The molecule has 0 aromatic heterocycles. The summed E-state index contributed by atoms with van der Waals surface area (Å²) in [5, 5.41) is 37.2. The van der Waals surface area contributed by atoms with Gasteiger partial charge in [-0.05, 0) is 25.8 Å². The van der Waals surface area contributed by atoms with Crippen LogP contribution in [-0.2, 0) is 23.8 Å². The maximum atomic E-state index is 14.9. The van der Waals surface area contributed by atoms with Gasteiger partial charge in [-0.1, -0.05) is 59.8 Å². The molecule has 1 amide bonds. The van der Waals surface area contributed by atoms with E-state index in [-0.39, 0.29) is 39.4 Å². The van der Waals surface area contributed by atoms with Gasteiger partial charge in [0.1, 0.15) is 29.0 Å². The number of fused-ring (bicyclic) bond motifs is 14. The van der Waals surface area contributed by atoms with Crippen LogP contribution < -0.4 is 10.1 Å². The van der Waals surface area contributed by atoms with E-state index >= 15 is 0 Å². The molecule has 1 aliphatic carbocycles. The summed E-state index contributed by atoms with van der Waals surface area (Å²) in [6.07, 6.45) is 3.54. The largest absolute Gasteiger partial charge is 0.507 e. The van der Waals surface area contributed by atoms with Crippen molar-refractivity contribution < 1.29 is 58.2 Å². The average Bonchev–Trinajstić information content (AvgIpc) is 3.46. The molecule has 15 heteroatoms. The van der Waals surface area contributed by atoms with E-state index in [0.29, 0.717) is 32.1 Å². The van der Waals surface area contributed by atoms with Gasteiger partial charge >= 0.3 is 11.8 Å². The second-order valence-electron chi connectivity index (χ2n) is 17.2. The first kappa shape index (κ1) is 46.2. The molecule has 4 aliphatic heterocycles. The number of aliphatic hydroxyl groups is 2. The van der Waals surface area contributed by atoms with Crippen LogP contribution in [0.3, 0.4) is 0 Å². The molecule has 15 nitrogen and oxygen atoms in total. The van der Waals surface area contributed by atoms with Crippen LogP contribution >= 0.6 is 0 Å². The summed E-state index contributed by atoms with van der Waals surface area (Å²) in [4.78, 5) is 74.2. The Morgan fingerprint density at radius 2 is 1.58 bits per heavy atom. The second kappa shape index (κ2) is 18.4. The first-order chi connectivity index (χ1) is 28.1. The van der Waals surface area contributed by atoms with Crippen LogP contribution in [0.15, 0.2) is 47.5 Å². The van der Waals surface area contributed by atoms with Gasteiger partial charge in [0.2, 0.25) is 11.6 Å².